The first-order chi connectivity index (χ1) is 11.0. The van der Waals surface area contributed by atoms with Crippen LogP contribution >= 0.6 is 0 Å². The third-order valence-electron chi connectivity index (χ3n) is 3.38. The van der Waals surface area contributed by atoms with Gasteiger partial charge in [0.15, 0.2) is 11.6 Å². The number of hydrogen-bond donors (Lipinski definition) is 1. The summed E-state index contributed by atoms with van der Waals surface area (Å²) in [5.41, 5.74) is 3.15. The topological polar surface area (TPSA) is 55.6 Å². The van der Waals surface area contributed by atoms with Gasteiger partial charge in [0.05, 0.1) is 11.4 Å². The van der Waals surface area contributed by atoms with Crippen LogP contribution in [0.25, 0.3) is 11.3 Å². The highest BCUT2D eigenvalue weighted by Crippen LogP contribution is 2.20. The van der Waals surface area contributed by atoms with Crippen LogP contribution in [-0.4, -0.2) is 19.7 Å². The van der Waals surface area contributed by atoms with E-state index in [-0.39, 0.29) is 0 Å². The van der Waals surface area contributed by atoms with Crippen molar-refractivity contribution in [2.24, 2.45) is 7.05 Å². The summed E-state index contributed by atoms with van der Waals surface area (Å²) in [6.45, 7) is 2.21. The Morgan fingerprint density at radius 3 is 2.70 bits per heavy atom. The quantitative estimate of drug-likeness (QED) is 0.804. The predicted octanol–water partition coefficient (Wildman–Crippen LogP) is 3.08. The number of anilines is 1. The van der Waals surface area contributed by atoms with E-state index in [1.54, 1.807) is 16.9 Å². The summed E-state index contributed by atoms with van der Waals surface area (Å²) in [5, 5.41) is 7.29. The van der Waals surface area contributed by atoms with Gasteiger partial charge in [-0.05, 0) is 30.7 Å². The molecule has 23 heavy (non-hydrogen) atoms. The lowest BCUT2D eigenvalue weighted by atomic mass is 10.2. The van der Waals surface area contributed by atoms with Gasteiger partial charge in [-0.3, -0.25) is 4.68 Å². The summed E-state index contributed by atoms with van der Waals surface area (Å²) >= 11 is 0. The molecule has 0 bridgehead atoms. The van der Waals surface area contributed by atoms with Gasteiger partial charge in [0.1, 0.15) is 0 Å². The summed E-state index contributed by atoms with van der Waals surface area (Å²) < 4.78 is 27.8. The molecule has 0 aliphatic carbocycles. The van der Waals surface area contributed by atoms with Crippen molar-refractivity contribution in [3.63, 3.8) is 0 Å². The van der Waals surface area contributed by atoms with Crippen molar-refractivity contribution >= 4 is 5.95 Å². The molecule has 1 aromatic carbocycles. The van der Waals surface area contributed by atoms with Crippen molar-refractivity contribution in [1.82, 2.24) is 19.7 Å². The summed E-state index contributed by atoms with van der Waals surface area (Å²) in [5.74, 6) is -1.32. The predicted molar refractivity (Wildman–Crippen MR) is 82.7 cm³/mol. The van der Waals surface area contributed by atoms with E-state index >= 15 is 0 Å². The number of rotatable bonds is 4. The molecular formula is C16H15F2N5. The van der Waals surface area contributed by atoms with Gasteiger partial charge in [-0.2, -0.15) is 5.10 Å². The molecule has 0 saturated carbocycles. The molecule has 0 atom stereocenters. The molecule has 0 saturated heterocycles. The molecule has 1 N–H and O–H groups in total. The van der Waals surface area contributed by atoms with Gasteiger partial charge in [0.2, 0.25) is 5.95 Å². The number of aromatic nitrogens is 4. The fourth-order valence-corrected chi connectivity index (χ4v) is 2.28. The van der Waals surface area contributed by atoms with Crippen LogP contribution in [0.3, 0.4) is 0 Å². The second-order valence-electron chi connectivity index (χ2n) is 5.17. The fourth-order valence-electron chi connectivity index (χ4n) is 2.28. The molecule has 0 amide bonds. The minimum absolute atomic E-state index is 0.298. The SMILES string of the molecule is Cc1nn(C)cc1-c1ccnc(NCc2ccc(F)c(F)c2)n1. The summed E-state index contributed by atoms with van der Waals surface area (Å²) in [4.78, 5) is 8.57. The van der Waals surface area contributed by atoms with Crippen LogP contribution in [0.1, 0.15) is 11.3 Å². The molecule has 0 spiro atoms. The van der Waals surface area contributed by atoms with Gasteiger partial charge in [0.25, 0.3) is 0 Å². The molecule has 0 unspecified atom stereocenters. The van der Waals surface area contributed by atoms with Crippen LogP contribution < -0.4 is 5.32 Å². The third kappa shape index (κ3) is 3.33. The van der Waals surface area contributed by atoms with E-state index in [1.165, 1.54) is 6.07 Å². The Labute approximate surface area is 132 Å². The molecule has 7 heteroatoms. The van der Waals surface area contributed by atoms with Crippen LogP contribution in [0.15, 0.2) is 36.7 Å². The lowest BCUT2D eigenvalue weighted by molar-refractivity contribution is 0.507. The zero-order chi connectivity index (χ0) is 16.4. The number of nitrogens with one attached hydrogen (secondary N) is 1. The molecule has 5 nitrogen and oxygen atoms in total. The molecule has 2 heterocycles. The van der Waals surface area contributed by atoms with E-state index in [2.05, 4.69) is 20.4 Å². The second kappa shape index (κ2) is 6.12. The van der Waals surface area contributed by atoms with Gasteiger partial charge >= 0.3 is 0 Å². The van der Waals surface area contributed by atoms with E-state index in [1.807, 2.05) is 20.2 Å². The molecule has 3 rings (SSSR count). The number of halogens is 2. The monoisotopic (exact) mass is 315 g/mol. The maximum atomic E-state index is 13.2. The van der Waals surface area contributed by atoms with Crippen molar-refractivity contribution in [3.05, 3.63) is 59.6 Å². The van der Waals surface area contributed by atoms with Crippen LogP contribution in [0, 0.1) is 18.6 Å². The number of hydrogen-bond acceptors (Lipinski definition) is 4. The molecule has 0 radical (unpaired) electrons. The third-order valence-corrected chi connectivity index (χ3v) is 3.38. The standard InChI is InChI=1S/C16H15F2N5/c1-10-12(9-23(2)22-10)15-5-6-19-16(21-15)20-8-11-3-4-13(17)14(18)7-11/h3-7,9H,8H2,1-2H3,(H,19,20,21). The van der Waals surface area contributed by atoms with Gasteiger partial charge in [-0.25, -0.2) is 18.7 Å². The summed E-state index contributed by atoms with van der Waals surface area (Å²) in [6, 6.07) is 5.56. The molecule has 118 valence electrons. The Morgan fingerprint density at radius 1 is 1.17 bits per heavy atom. The average molecular weight is 315 g/mol. The zero-order valence-electron chi connectivity index (χ0n) is 12.7. The Balaban J connectivity index is 1.77. The maximum Gasteiger partial charge on any atom is 0.223 e. The number of nitrogens with zero attached hydrogens (tertiary/aromatic N) is 4. The smallest absolute Gasteiger partial charge is 0.223 e. The van der Waals surface area contributed by atoms with E-state index in [0.717, 1.165) is 29.1 Å². The van der Waals surface area contributed by atoms with Crippen LogP contribution in [0.2, 0.25) is 0 Å². The van der Waals surface area contributed by atoms with E-state index in [9.17, 15) is 8.78 Å². The van der Waals surface area contributed by atoms with E-state index in [4.69, 9.17) is 0 Å². The van der Waals surface area contributed by atoms with Crippen molar-refractivity contribution in [2.75, 3.05) is 5.32 Å². The lowest BCUT2D eigenvalue weighted by Crippen LogP contribution is -2.04. The van der Waals surface area contributed by atoms with Gasteiger partial charge in [-0.1, -0.05) is 6.07 Å². The summed E-state index contributed by atoms with van der Waals surface area (Å²) in [7, 11) is 1.85. The number of aryl methyl sites for hydroxylation is 2. The van der Waals surface area contributed by atoms with Crippen LogP contribution in [0.4, 0.5) is 14.7 Å². The normalized spacial score (nSPS) is 10.8. The molecule has 0 fully saturated rings. The maximum absolute atomic E-state index is 13.2. The molecule has 0 aliphatic heterocycles. The minimum atomic E-state index is -0.870. The highest BCUT2D eigenvalue weighted by molar-refractivity contribution is 5.61. The largest absolute Gasteiger partial charge is 0.350 e. The van der Waals surface area contributed by atoms with Crippen molar-refractivity contribution in [2.45, 2.75) is 13.5 Å². The van der Waals surface area contributed by atoms with Crippen molar-refractivity contribution in [1.29, 1.82) is 0 Å². The highest BCUT2D eigenvalue weighted by Gasteiger charge is 2.09. The molecule has 0 aliphatic rings. The van der Waals surface area contributed by atoms with E-state index < -0.39 is 11.6 Å². The van der Waals surface area contributed by atoms with Crippen molar-refractivity contribution < 1.29 is 8.78 Å². The minimum Gasteiger partial charge on any atom is -0.350 e. The van der Waals surface area contributed by atoms with E-state index in [0.29, 0.717) is 18.1 Å². The summed E-state index contributed by atoms with van der Waals surface area (Å²) in [6.07, 6.45) is 3.53. The Kier molecular flexibility index (Phi) is 4.01. The molecular weight excluding hydrogens is 300 g/mol. The first-order valence-electron chi connectivity index (χ1n) is 7.04. The Bertz CT molecular complexity index is 844. The lowest BCUT2D eigenvalue weighted by Gasteiger charge is -2.06. The Hall–Kier alpha value is -2.83. The van der Waals surface area contributed by atoms with Crippen LogP contribution in [-0.2, 0) is 13.6 Å². The molecule has 3 aromatic rings. The average Bonchev–Trinajstić information content (AvgIpc) is 2.87. The van der Waals surface area contributed by atoms with Gasteiger partial charge < -0.3 is 5.32 Å². The fraction of sp³-hybridized carbons (Fsp3) is 0.188. The highest BCUT2D eigenvalue weighted by atomic mass is 19.2. The van der Waals surface area contributed by atoms with Gasteiger partial charge in [0, 0.05) is 31.5 Å². The number of benzene rings is 1. The van der Waals surface area contributed by atoms with Gasteiger partial charge in [-0.15, -0.1) is 0 Å². The van der Waals surface area contributed by atoms with Crippen LogP contribution in [0.5, 0.6) is 0 Å². The zero-order valence-corrected chi connectivity index (χ0v) is 12.7. The Morgan fingerprint density at radius 2 is 2.00 bits per heavy atom. The first kappa shape index (κ1) is 15.1. The van der Waals surface area contributed by atoms with Crippen molar-refractivity contribution in [3.8, 4) is 11.3 Å². The second-order valence-corrected chi connectivity index (χ2v) is 5.17. The molecule has 2 aromatic heterocycles. The first-order valence-corrected chi connectivity index (χ1v) is 7.04.